The molecule has 0 spiro atoms. The van der Waals surface area contributed by atoms with Crippen LogP contribution < -0.4 is 4.74 Å². The Hall–Kier alpha value is -2.08. The number of nitrogens with zero attached hydrogens (tertiary/aromatic N) is 1. The number of carboxylic acids is 1. The van der Waals surface area contributed by atoms with Gasteiger partial charge in [-0.05, 0) is 36.4 Å². The number of rotatable bonds is 5. The van der Waals surface area contributed by atoms with Crippen LogP contribution in [0, 0.1) is 0 Å². The predicted octanol–water partition coefficient (Wildman–Crippen LogP) is 5.39. The van der Waals surface area contributed by atoms with E-state index in [9.17, 15) is 4.79 Å². The van der Waals surface area contributed by atoms with E-state index in [-0.39, 0.29) is 5.56 Å². The summed E-state index contributed by atoms with van der Waals surface area (Å²) in [5.41, 5.74) is 1.91. The molecule has 0 bridgehead atoms. The minimum Gasteiger partial charge on any atom is -0.486 e. The highest BCUT2D eigenvalue weighted by Gasteiger charge is 2.08. The summed E-state index contributed by atoms with van der Waals surface area (Å²) < 4.78 is 5.63. The van der Waals surface area contributed by atoms with Crippen LogP contribution in [0.3, 0.4) is 0 Å². The van der Waals surface area contributed by atoms with Crippen LogP contribution in [0.5, 0.6) is 5.75 Å². The SMILES string of the molecule is O=C(O)c1ccc(OCc2nc(-c3ccc(Cl)c(Cl)c3)cs2)cc1. The van der Waals surface area contributed by atoms with Gasteiger partial charge >= 0.3 is 5.97 Å². The lowest BCUT2D eigenvalue weighted by Gasteiger charge is -2.04. The standard InChI is InChI=1S/C17H11Cl2NO3S/c18-13-6-3-11(7-14(13)19)15-9-24-16(20-15)8-23-12-4-1-10(2-5-12)17(21)22/h1-7,9H,8H2,(H,21,22). The van der Waals surface area contributed by atoms with Gasteiger partial charge in [0.2, 0.25) is 0 Å². The van der Waals surface area contributed by atoms with Crippen molar-refractivity contribution in [1.82, 2.24) is 4.98 Å². The molecule has 0 atom stereocenters. The number of thiazole rings is 1. The van der Waals surface area contributed by atoms with E-state index >= 15 is 0 Å². The number of carbonyl (C=O) groups is 1. The maximum Gasteiger partial charge on any atom is 0.335 e. The first-order chi connectivity index (χ1) is 11.5. The average Bonchev–Trinajstić information content (AvgIpc) is 3.05. The molecule has 0 radical (unpaired) electrons. The number of halogens is 2. The van der Waals surface area contributed by atoms with E-state index < -0.39 is 5.97 Å². The van der Waals surface area contributed by atoms with Gasteiger partial charge in [0.15, 0.2) is 0 Å². The maximum atomic E-state index is 10.8. The lowest BCUT2D eigenvalue weighted by Crippen LogP contribution is -1.97. The molecule has 0 fully saturated rings. The first-order valence-corrected chi connectivity index (χ1v) is 8.52. The second-order valence-corrected chi connectivity index (χ2v) is 6.63. The number of benzene rings is 2. The molecule has 3 aromatic rings. The fraction of sp³-hybridized carbons (Fsp3) is 0.0588. The molecule has 7 heteroatoms. The van der Waals surface area contributed by atoms with E-state index in [1.54, 1.807) is 24.3 Å². The highest BCUT2D eigenvalue weighted by Crippen LogP contribution is 2.29. The van der Waals surface area contributed by atoms with Gasteiger partial charge in [0, 0.05) is 10.9 Å². The van der Waals surface area contributed by atoms with Crippen molar-refractivity contribution in [3.05, 3.63) is 68.5 Å². The number of ether oxygens (including phenoxy) is 1. The van der Waals surface area contributed by atoms with Gasteiger partial charge in [-0.25, -0.2) is 9.78 Å². The number of carboxylic acid groups (broad SMARTS) is 1. The fourth-order valence-corrected chi connectivity index (χ4v) is 3.02. The monoisotopic (exact) mass is 379 g/mol. The molecular formula is C17H11Cl2NO3S. The topological polar surface area (TPSA) is 59.4 Å². The van der Waals surface area contributed by atoms with Crippen molar-refractivity contribution in [1.29, 1.82) is 0 Å². The molecule has 3 rings (SSSR count). The number of hydrogen-bond donors (Lipinski definition) is 1. The quantitative estimate of drug-likeness (QED) is 0.644. The Kier molecular flexibility index (Phi) is 5.04. The van der Waals surface area contributed by atoms with Crippen LogP contribution in [-0.4, -0.2) is 16.1 Å². The largest absolute Gasteiger partial charge is 0.486 e. The van der Waals surface area contributed by atoms with Crippen molar-refractivity contribution in [2.24, 2.45) is 0 Å². The van der Waals surface area contributed by atoms with Crippen LogP contribution in [0.25, 0.3) is 11.3 Å². The zero-order valence-corrected chi connectivity index (χ0v) is 14.5. The van der Waals surface area contributed by atoms with Gasteiger partial charge in [-0.15, -0.1) is 11.3 Å². The summed E-state index contributed by atoms with van der Waals surface area (Å²) in [5.74, 6) is -0.376. The molecule has 0 amide bonds. The Bertz CT molecular complexity index is 878. The minimum atomic E-state index is -0.965. The van der Waals surface area contributed by atoms with Crippen LogP contribution in [0.4, 0.5) is 0 Å². The summed E-state index contributed by atoms with van der Waals surface area (Å²) in [5, 5.41) is 12.6. The van der Waals surface area contributed by atoms with Gasteiger partial charge in [0.05, 0.1) is 21.3 Å². The maximum absolute atomic E-state index is 10.8. The Labute approximate surface area is 152 Å². The normalized spacial score (nSPS) is 10.6. The summed E-state index contributed by atoms with van der Waals surface area (Å²) in [6.07, 6.45) is 0. The van der Waals surface area contributed by atoms with Gasteiger partial charge in [0.1, 0.15) is 17.4 Å². The molecule has 24 heavy (non-hydrogen) atoms. The van der Waals surface area contributed by atoms with Crippen LogP contribution in [0.15, 0.2) is 47.8 Å². The van der Waals surface area contributed by atoms with Crippen molar-refractivity contribution in [2.45, 2.75) is 6.61 Å². The molecule has 0 aliphatic carbocycles. The lowest BCUT2D eigenvalue weighted by molar-refractivity contribution is 0.0697. The third-order valence-electron chi connectivity index (χ3n) is 3.23. The molecule has 4 nitrogen and oxygen atoms in total. The molecule has 0 unspecified atom stereocenters. The van der Waals surface area contributed by atoms with Crippen LogP contribution in [-0.2, 0) is 6.61 Å². The van der Waals surface area contributed by atoms with Gasteiger partial charge in [-0.3, -0.25) is 0 Å². The first-order valence-electron chi connectivity index (χ1n) is 6.89. The molecule has 122 valence electrons. The van der Waals surface area contributed by atoms with Crippen molar-refractivity contribution in [2.75, 3.05) is 0 Å². The summed E-state index contributed by atoms with van der Waals surface area (Å²) >= 11 is 13.4. The van der Waals surface area contributed by atoms with Crippen molar-refractivity contribution in [3.63, 3.8) is 0 Å². The van der Waals surface area contributed by atoms with E-state index in [0.29, 0.717) is 22.4 Å². The van der Waals surface area contributed by atoms with Crippen LogP contribution >= 0.6 is 34.5 Å². The Morgan fingerprint density at radius 1 is 1.12 bits per heavy atom. The van der Waals surface area contributed by atoms with E-state index in [0.717, 1.165) is 16.3 Å². The van der Waals surface area contributed by atoms with Gasteiger partial charge in [-0.1, -0.05) is 29.3 Å². The molecule has 0 saturated heterocycles. The lowest BCUT2D eigenvalue weighted by atomic mass is 10.2. The van der Waals surface area contributed by atoms with Gasteiger partial charge < -0.3 is 9.84 Å². The Balaban J connectivity index is 1.67. The van der Waals surface area contributed by atoms with Crippen LogP contribution in [0.1, 0.15) is 15.4 Å². The Morgan fingerprint density at radius 2 is 1.88 bits per heavy atom. The zero-order valence-electron chi connectivity index (χ0n) is 12.2. The third-order valence-corrected chi connectivity index (χ3v) is 4.79. The smallest absolute Gasteiger partial charge is 0.335 e. The van der Waals surface area contributed by atoms with E-state index in [1.165, 1.54) is 23.5 Å². The molecule has 1 N–H and O–H groups in total. The van der Waals surface area contributed by atoms with Gasteiger partial charge in [0.25, 0.3) is 0 Å². The first kappa shape index (κ1) is 16.8. The van der Waals surface area contributed by atoms with Crippen molar-refractivity contribution < 1.29 is 14.6 Å². The van der Waals surface area contributed by atoms with Crippen LogP contribution in [0.2, 0.25) is 10.0 Å². The second kappa shape index (κ2) is 7.21. The molecule has 1 heterocycles. The molecule has 0 aliphatic rings. The second-order valence-electron chi connectivity index (χ2n) is 4.87. The molecule has 0 saturated carbocycles. The molecule has 1 aromatic heterocycles. The van der Waals surface area contributed by atoms with E-state index in [1.807, 2.05) is 11.4 Å². The number of hydrogen-bond acceptors (Lipinski definition) is 4. The van der Waals surface area contributed by atoms with Crippen molar-refractivity contribution in [3.8, 4) is 17.0 Å². The average molecular weight is 380 g/mol. The minimum absolute atomic E-state index is 0.221. The predicted molar refractivity (Wildman–Crippen MR) is 95.3 cm³/mol. The third kappa shape index (κ3) is 3.87. The molecular weight excluding hydrogens is 369 g/mol. The Morgan fingerprint density at radius 3 is 2.54 bits per heavy atom. The van der Waals surface area contributed by atoms with E-state index in [4.69, 9.17) is 33.0 Å². The zero-order chi connectivity index (χ0) is 17.1. The number of aromatic carboxylic acids is 1. The van der Waals surface area contributed by atoms with Crippen molar-refractivity contribution >= 4 is 40.5 Å². The van der Waals surface area contributed by atoms with Gasteiger partial charge in [-0.2, -0.15) is 0 Å². The summed E-state index contributed by atoms with van der Waals surface area (Å²) in [4.78, 5) is 15.3. The summed E-state index contributed by atoms with van der Waals surface area (Å²) in [6, 6.07) is 11.6. The summed E-state index contributed by atoms with van der Waals surface area (Å²) in [6.45, 7) is 0.304. The molecule has 2 aromatic carbocycles. The molecule has 0 aliphatic heterocycles. The fourth-order valence-electron chi connectivity index (χ4n) is 2.00. The van der Waals surface area contributed by atoms with E-state index in [2.05, 4.69) is 4.98 Å². The number of aromatic nitrogens is 1. The highest BCUT2D eigenvalue weighted by atomic mass is 35.5. The summed E-state index contributed by atoms with van der Waals surface area (Å²) in [7, 11) is 0. The highest BCUT2D eigenvalue weighted by molar-refractivity contribution is 7.09.